The van der Waals surface area contributed by atoms with E-state index in [9.17, 15) is 0 Å². The fourth-order valence-corrected chi connectivity index (χ4v) is 2.44. The summed E-state index contributed by atoms with van der Waals surface area (Å²) < 4.78 is 0. The van der Waals surface area contributed by atoms with E-state index in [1.807, 2.05) is 60.7 Å². The molecule has 0 aromatic heterocycles. The van der Waals surface area contributed by atoms with E-state index in [0.29, 0.717) is 11.1 Å². The lowest BCUT2D eigenvalue weighted by Crippen LogP contribution is -1.77. The van der Waals surface area contributed by atoms with Crippen LogP contribution in [0.3, 0.4) is 0 Å². The van der Waals surface area contributed by atoms with Crippen molar-refractivity contribution in [2.75, 3.05) is 0 Å². The molecule has 0 unspecified atom stereocenters. The number of rotatable bonds is 4. The lowest BCUT2D eigenvalue weighted by atomic mass is 10.1. The van der Waals surface area contributed by atoms with Gasteiger partial charge in [-0.3, -0.25) is 0 Å². The molecular weight excluding hydrogens is 316 g/mol. The molecule has 0 aliphatic carbocycles. The summed E-state index contributed by atoms with van der Waals surface area (Å²) in [6, 6.07) is 27.5. The highest BCUT2D eigenvalue weighted by Gasteiger charge is 1.93. The van der Waals surface area contributed by atoms with Gasteiger partial charge in [0.25, 0.3) is 0 Å². The second-order valence-electron chi connectivity index (χ2n) is 5.80. The molecule has 0 saturated carbocycles. The van der Waals surface area contributed by atoms with Crippen LogP contribution in [0.4, 0.5) is 0 Å². The SMILES string of the molecule is N#Cc1ccc(/C=C\c2ccc(/C=C/c3ccc(C#N)cc3)cc2)cc1. The van der Waals surface area contributed by atoms with Crippen molar-refractivity contribution in [2.24, 2.45) is 0 Å². The van der Waals surface area contributed by atoms with Crippen LogP contribution in [-0.2, 0) is 0 Å². The molecule has 0 bridgehead atoms. The highest BCUT2D eigenvalue weighted by Crippen LogP contribution is 2.13. The molecule has 0 amide bonds. The van der Waals surface area contributed by atoms with Crippen LogP contribution in [-0.4, -0.2) is 0 Å². The predicted molar refractivity (Wildman–Crippen MR) is 107 cm³/mol. The van der Waals surface area contributed by atoms with Gasteiger partial charge in [0.15, 0.2) is 0 Å². The molecule has 2 nitrogen and oxygen atoms in total. The molecule has 3 aromatic rings. The summed E-state index contributed by atoms with van der Waals surface area (Å²) >= 11 is 0. The summed E-state index contributed by atoms with van der Waals surface area (Å²) in [5.74, 6) is 0. The van der Waals surface area contributed by atoms with Crippen molar-refractivity contribution in [3.8, 4) is 12.1 Å². The first-order valence-electron chi connectivity index (χ1n) is 8.23. The van der Waals surface area contributed by atoms with Crippen molar-refractivity contribution >= 4 is 24.3 Å². The van der Waals surface area contributed by atoms with Crippen molar-refractivity contribution in [3.63, 3.8) is 0 Å². The zero-order valence-electron chi connectivity index (χ0n) is 14.1. The molecule has 2 heteroatoms. The van der Waals surface area contributed by atoms with E-state index in [1.54, 1.807) is 0 Å². The smallest absolute Gasteiger partial charge is 0.0991 e. The van der Waals surface area contributed by atoms with Gasteiger partial charge in [0.2, 0.25) is 0 Å². The fraction of sp³-hybridized carbons (Fsp3) is 0. The Labute approximate surface area is 153 Å². The maximum atomic E-state index is 8.82. The molecule has 0 atom stereocenters. The van der Waals surface area contributed by atoms with E-state index in [0.717, 1.165) is 22.3 Å². The average Bonchev–Trinajstić information content (AvgIpc) is 2.72. The molecule has 0 aliphatic heterocycles. The van der Waals surface area contributed by atoms with Gasteiger partial charge in [-0.25, -0.2) is 0 Å². The summed E-state index contributed by atoms with van der Waals surface area (Å²) in [6.07, 6.45) is 8.16. The van der Waals surface area contributed by atoms with Gasteiger partial charge < -0.3 is 0 Å². The van der Waals surface area contributed by atoms with Gasteiger partial charge in [-0.1, -0.05) is 72.8 Å². The first-order valence-corrected chi connectivity index (χ1v) is 8.23. The number of benzene rings is 3. The van der Waals surface area contributed by atoms with Crippen LogP contribution in [0.2, 0.25) is 0 Å². The van der Waals surface area contributed by atoms with Gasteiger partial charge in [-0.15, -0.1) is 0 Å². The van der Waals surface area contributed by atoms with E-state index in [4.69, 9.17) is 10.5 Å². The molecule has 0 spiro atoms. The third-order valence-corrected chi connectivity index (χ3v) is 3.95. The summed E-state index contributed by atoms with van der Waals surface area (Å²) in [7, 11) is 0. The second kappa shape index (κ2) is 8.29. The molecule has 3 rings (SSSR count). The van der Waals surface area contributed by atoms with Crippen LogP contribution < -0.4 is 0 Å². The molecule has 122 valence electrons. The quantitative estimate of drug-likeness (QED) is 0.569. The van der Waals surface area contributed by atoms with Gasteiger partial charge in [-0.05, 0) is 46.5 Å². The van der Waals surface area contributed by atoms with Crippen molar-refractivity contribution in [1.82, 2.24) is 0 Å². The largest absolute Gasteiger partial charge is 0.192 e. The van der Waals surface area contributed by atoms with Crippen LogP contribution >= 0.6 is 0 Å². The Hall–Kier alpha value is -3.88. The van der Waals surface area contributed by atoms with Gasteiger partial charge >= 0.3 is 0 Å². The third kappa shape index (κ3) is 4.57. The van der Waals surface area contributed by atoms with E-state index >= 15 is 0 Å². The monoisotopic (exact) mass is 332 g/mol. The zero-order chi connectivity index (χ0) is 18.2. The Kier molecular flexibility index (Phi) is 5.41. The number of hydrogen-bond acceptors (Lipinski definition) is 2. The van der Waals surface area contributed by atoms with E-state index in [2.05, 4.69) is 48.6 Å². The molecule has 3 aromatic carbocycles. The van der Waals surface area contributed by atoms with Crippen LogP contribution in [0.15, 0.2) is 72.8 Å². The lowest BCUT2D eigenvalue weighted by molar-refractivity contribution is 1.48. The molecule has 0 N–H and O–H groups in total. The van der Waals surface area contributed by atoms with Crippen molar-refractivity contribution in [1.29, 1.82) is 10.5 Å². The summed E-state index contributed by atoms with van der Waals surface area (Å²) in [6.45, 7) is 0. The number of nitrogens with zero attached hydrogens (tertiary/aromatic N) is 2. The van der Waals surface area contributed by atoms with Crippen LogP contribution in [0.1, 0.15) is 33.4 Å². The van der Waals surface area contributed by atoms with E-state index in [1.165, 1.54) is 0 Å². The molecule has 26 heavy (non-hydrogen) atoms. The zero-order valence-corrected chi connectivity index (χ0v) is 14.1. The Balaban J connectivity index is 1.65. The first kappa shape index (κ1) is 17.0. The predicted octanol–water partition coefficient (Wildman–Crippen LogP) is 5.77. The van der Waals surface area contributed by atoms with E-state index in [-0.39, 0.29) is 0 Å². The molecule has 0 saturated heterocycles. The molecular formula is C24H16N2. The maximum absolute atomic E-state index is 8.82. The number of nitriles is 2. The van der Waals surface area contributed by atoms with Crippen molar-refractivity contribution in [2.45, 2.75) is 0 Å². The van der Waals surface area contributed by atoms with Gasteiger partial charge in [0, 0.05) is 0 Å². The minimum atomic E-state index is 0.667. The lowest BCUT2D eigenvalue weighted by Gasteiger charge is -1.98. The van der Waals surface area contributed by atoms with Gasteiger partial charge in [0.1, 0.15) is 0 Å². The van der Waals surface area contributed by atoms with Gasteiger partial charge in [-0.2, -0.15) is 10.5 Å². The van der Waals surface area contributed by atoms with Crippen molar-refractivity contribution < 1.29 is 0 Å². The molecule has 0 radical (unpaired) electrons. The minimum absolute atomic E-state index is 0.667. The van der Waals surface area contributed by atoms with Crippen LogP contribution in [0.25, 0.3) is 24.3 Å². The highest BCUT2D eigenvalue weighted by molar-refractivity contribution is 5.73. The Morgan fingerprint density at radius 2 is 0.654 bits per heavy atom. The highest BCUT2D eigenvalue weighted by atomic mass is 14.2. The Morgan fingerprint density at radius 3 is 0.885 bits per heavy atom. The topological polar surface area (TPSA) is 47.6 Å². The maximum Gasteiger partial charge on any atom is 0.0991 e. The van der Waals surface area contributed by atoms with Crippen molar-refractivity contribution in [3.05, 3.63) is 106 Å². The standard InChI is InChI=1S/C24H16N2/c25-17-23-13-9-21(10-14-23)7-5-19-1-2-20(4-3-19)6-8-22-11-15-24(18-26)16-12-22/h1-16H/b7-5-,8-6+. The Bertz CT molecular complexity index is 922. The summed E-state index contributed by atoms with van der Waals surface area (Å²) in [4.78, 5) is 0. The average molecular weight is 332 g/mol. The molecule has 0 aliphatic rings. The summed E-state index contributed by atoms with van der Waals surface area (Å²) in [5.41, 5.74) is 5.69. The third-order valence-electron chi connectivity index (χ3n) is 3.95. The van der Waals surface area contributed by atoms with E-state index < -0.39 is 0 Å². The van der Waals surface area contributed by atoms with Crippen LogP contribution in [0, 0.1) is 22.7 Å². The first-order chi connectivity index (χ1) is 12.8. The molecule has 0 heterocycles. The second-order valence-corrected chi connectivity index (χ2v) is 5.80. The summed E-state index contributed by atoms with van der Waals surface area (Å²) in [5, 5.41) is 17.6. The van der Waals surface area contributed by atoms with Crippen LogP contribution in [0.5, 0.6) is 0 Å². The molecule has 0 fully saturated rings. The van der Waals surface area contributed by atoms with Gasteiger partial charge in [0.05, 0.1) is 23.3 Å². The Morgan fingerprint density at radius 1 is 0.423 bits per heavy atom. The minimum Gasteiger partial charge on any atom is -0.192 e. The normalized spacial score (nSPS) is 10.7. The number of hydrogen-bond donors (Lipinski definition) is 0. The fourth-order valence-electron chi connectivity index (χ4n) is 2.44.